The first-order valence-corrected chi connectivity index (χ1v) is 9.70. The van der Waals surface area contributed by atoms with Crippen molar-refractivity contribution in [3.05, 3.63) is 46.0 Å². The van der Waals surface area contributed by atoms with Crippen LogP contribution in [0, 0.1) is 12.8 Å². The Balaban J connectivity index is 2.06. The van der Waals surface area contributed by atoms with Crippen molar-refractivity contribution < 1.29 is 9.53 Å². The van der Waals surface area contributed by atoms with Gasteiger partial charge in [0.15, 0.2) is 0 Å². The minimum absolute atomic E-state index is 0.424. The molecule has 3 aromatic rings. The standard InChI is InChI=1S/C21H22N2O2S/c1-11-4-9-15-16(10-11)26-21-19(15)18(17(20(22)24)12(2)23-21)13-5-7-14(25-3)8-6-13/h5-8,11H,4,9-10H2,1-3H3,(H2,22,24)/t11-/m0/s1. The topological polar surface area (TPSA) is 65.2 Å². The van der Waals surface area contributed by atoms with Gasteiger partial charge < -0.3 is 10.5 Å². The number of hydrogen-bond donors (Lipinski definition) is 1. The molecule has 5 heteroatoms. The van der Waals surface area contributed by atoms with Crippen molar-refractivity contribution in [1.29, 1.82) is 0 Å². The number of pyridine rings is 1. The fourth-order valence-corrected chi connectivity index (χ4v) is 5.37. The number of nitrogens with two attached hydrogens (primary N) is 1. The Morgan fingerprint density at radius 1 is 1.31 bits per heavy atom. The van der Waals surface area contributed by atoms with Crippen molar-refractivity contribution >= 4 is 27.5 Å². The number of benzene rings is 1. The molecule has 0 fully saturated rings. The van der Waals surface area contributed by atoms with Gasteiger partial charge in [0.05, 0.1) is 18.4 Å². The van der Waals surface area contributed by atoms with Crippen LogP contribution in [0.5, 0.6) is 5.75 Å². The largest absolute Gasteiger partial charge is 0.497 e. The minimum Gasteiger partial charge on any atom is -0.497 e. The Kier molecular flexibility index (Phi) is 4.19. The SMILES string of the molecule is COc1ccc(-c2c(C(N)=O)c(C)nc3sc4c(c23)CC[C@H](C)C4)cc1. The van der Waals surface area contributed by atoms with E-state index in [1.54, 1.807) is 18.4 Å². The molecule has 0 spiro atoms. The maximum absolute atomic E-state index is 12.3. The number of primary amides is 1. The van der Waals surface area contributed by atoms with Gasteiger partial charge in [-0.2, -0.15) is 0 Å². The highest BCUT2D eigenvalue weighted by atomic mass is 32.1. The highest BCUT2D eigenvalue weighted by Gasteiger charge is 2.27. The van der Waals surface area contributed by atoms with Gasteiger partial charge in [-0.1, -0.05) is 19.1 Å². The first-order valence-electron chi connectivity index (χ1n) is 8.88. The Labute approximate surface area is 157 Å². The molecule has 1 amide bonds. The number of nitrogens with zero attached hydrogens (tertiary/aromatic N) is 1. The quantitative estimate of drug-likeness (QED) is 0.742. The third-order valence-electron chi connectivity index (χ3n) is 5.25. The zero-order chi connectivity index (χ0) is 18.4. The van der Waals surface area contributed by atoms with Crippen molar-refractivity contribution in [1.82, 2.24) is 4.98 Å². The summed E-state index contributed by atoms with van der Waals surface area (Å²) < 4.78 is 5.28. The lowest BCUT2D eigenvalue weighted by Gasteiger charge is -2.19. The van der Waals surface area contributed by atoms with E-state index in [-0.39, 0.29) is 0 Å². The molecular weight excluding hydrogens is 344 g/mol. The molecule has 0 unspecified atom stereocenters. The van der Waals surface area contributed by atoms with E-state index in [2.05, 4.69) is 6.92 Å². The van der Waals surface area contributed by atoms with Gasteiger partial charge in [0.2, 0.25) is 0 Å². The van der Waals surface area contributed by atoms with Crippen LogP contribution in [0.1, 0.15) is 39.8 Å². The van der Waals surface area contributed by atoms with Crippen LogP contribution < -0.4 is 10.5 Å². The minimum atomic E-state index is -0.424. The lowest BCUT2D eigenvalue weighted by molar-refractivity contribution is 0.1000. The molecule has 0 saturated carbocycles. The monoisotopic (exact) mass is 366 g/mol. The predicted octanol–water partition coefficient (Wildman–Crippen LogP) is 4.50. The van der Waals surface area contributed by atoms with Crippen LogP contribution in [-0.2, 0) is 12.8 Å². The molecule has 134 valence electrons. The molecule has 26 heavy (non-hydrogen) atoms. The number of hydrogen-bond acceptors (Lipinski definition) is 4. The van der Waals surface area contributed by atoms with Crippen LogP contribution in [0.15, 0.2) is 24.3 Å². The molecule has 4 nitrogen and oxygen atoms in total. The summed E-state index contributed by atoms with van der Waals surface area (Å²) >= 11 is 1.77. The fourth-order valence-electron chi connectivity index (χ4n) is 3.93. The van der Waals surface area contributed by atoms with E-state index in [9.17, 15) is 4.79 Å². The van der Waals surface area contributed by atoms with Gasteiger partial charge in [0.1, 0.15) is 10.6 Å². The number of amides is 1. The highest BCUT2D eigenvalue weighted by Crippen LogP contribution is 2.44. The first-order chi connectivity index (χ1) is 12.5. The van der Waals surface area contributed by atoms with Crippen LogP contribution in [0.4, 0.5) is 0 Å². The van der Waals surface area contributed by atoms with Crippen LogP contribution in [0.2, 0.25) is 0 Å². The van der Waals surface area contributed by atoms with Crippen molar-refractivity contribution in [3.8, 4) is 16.9 Å². The second-order valence-corrected chi connectivity index (χ2v) is 8.16. The Bertz CT molecular complexity index is 1010. The molecule has 0 aliphatic heterocycles. The van der Waals surface area contributed by atoms with E-state index in [0.717, 1.165) is 39.9 Å². The summed E-state index contributed by atoms with van der Waals surface area (Å²) in [6.45, 7) is 4.17. The van der Waals surface area contributed by atoms with Crippen molar-refractivity contribution in [2.75, 3.05) is 7.11 Å². The number of thiophene rings is 1. The van der Waals surface area contributed by atoms with Gasteiger partial charge in [-0.25, -0.2) is 4.98 Å². The van der Waals surface area contributed by atoms with E-state index >= 15 is 0 Å². The summed E-state index contributed by atoms with van der Waals surface area (Å²) in [4.78, 5) is 19.4. The van der Waals surface area contributed by atoms with Gasteiger partial charge in [0.25, 0.3) is 5.91 Å². The smallest absolute Gasteiger partial charge is 0.251 e. The Morgan fingerprint density at radius 3 is 2.69 bits per heavy atom. The van der Waals surface area contributed by atoms with Crippen LogP contribution >= 0.6 is 11.3 Å². The molecule has 0 bridgehead atoms. The number of aromatic nitrogens is 1. The number of aryl methyl sites for hydroxylation is 2. The normalized spacial score (nSPS) is 16.5. The van der Waals surface area contributed by atoms with Gasteiger partial charge in [-0.15, -0.1) is 11.3 Å². The average molecular weight is 366 g/mol. The highest BCUT2D eigenvalue weighted by molar-refractivity contribution is 7.19. The summed E-state index contributed by atoms with van der Waals surface area (Å²) in [7, 11) is 1.65. The summed E-state index contributed by atoms with van der Waals surface area (Å²) in [6.07, 6.45) is 3.28. The van der Waals surface area contributed by atoms with Crippen molar-refractivity contribution in [2.45, 2.75) is 33.1 Å². The molecule has 1 aromatic carbocycles. The Morgan fingerprint density at radius 2 is 2.04 bits per heavy atom. The molecule has 2 heterocycles. The predicted molar refractivity (Wildman–Crippen MR) is 106 cm³/mol. The van der Waals surface area contributed by atoms with Crippen LogP contribution in [0.25, 0.3) is 21.3 Å². The number of methoxy groups -OCH3 is 1. The van der Waals surface area contributed by atoms with E-state index < -0.39 is 5.91 Å². The van der Waals surface area contributed by atoms with Gasteiger partial charge >= 0.3 is 0 Å². The number of carbonyl (C=O) groups is 1. The zero-order valence-corrected chi connectivity index (χ0v) is 16.1. The Hall–Kier alpha value is -2.40. The molecule has 1 aliphatic rings. The number of fused-ring (bicyclic) bond motifs is 3. The van der Waals surface area contributed by atoms with Crippen molar-refractivity contribution in [3.63, 3.8) is 0 Å². The molecule has 1 aliphatic carbocycles. The molecule has 0 saturated heterocycles. The summed E-state index contributed by atoms with van der Waals surface area (Å²) in [5.74, 6) is 1.06. The molecule has 2 aromatic heterocycles. The van der Waals surface area contributed by atoms with Gasteiger partial charge in [-0.3, -0.25) is 4.79 Å². The average Bonchev–Trinajstić information content (AvgIpc) is 2.97. The molecule has 1 atom stereocenters. The summed E-state index contributed by atoms with van der Waals surface area (Å²) in [5.41, 5.74) is 10.3. The molecule has 4 rings (SSSR count). The zero-order valence-electron chi connectivity index (χ0n) is 15.3. The summed E-state index contributed by atoms with van der Waals surface area (Å²) in [6, 6.07) is 7.83. The lowest BCUT2D eigenvalue weighted by atomic mass is 9.86. The first kappa shape index (κ1) is 17.0. The van der Waals surface area contributed by atoms with E-state index in [1.807, 2.05) is 31.2 Å². The van der Waals surface area contributed by atoms with Gasteiger partial charge in [0, 0.05) is 15.8 Å². The summed E-state index contributed by atoms with van der Waals surface area (Å²) in [5, 5.41) is 1.11. The maximum Gasteiger partial charge on any atom is 0.251 e. The van der Waals surface area contributed by atoms with Crippen LogP contribution in [-0.4, -0.2) is 18.0 Å². The fraction of sp³-hybridized carbons (Fsp3) is 0.333. The second-order valence-electron chi connectivity index (χ2n) is 7.07. The lowest BCUT2D eigenvalue weighted by Crippen LogP contribution is -2.16. The van der Waals surface area contributed by atoms with Crippen LogP contribution in [0.3, 0.4) is 0 Å². The number of rotatable bonds is 3. The molecule has 0 radical (unpaired) electrons. The van der Waals surface area contributed by atoms with E-state index in [1.165, 1.54) is 16.9 Å². The van der Waals surface area contributed by atoms with Crippen molar-refractivity contribution in [2.24, 2.45) is 11.7 Å². The molecular formula is C21H22N2O2S. The van der Waals surface area contributed by atoms with E-state index in [4.69, 9.17) is 15.5 Å². The molecule has 2 N–H and O–H groups in total. The van der Waals surface area contributed by atoms with E-state index in [0.29, 0.717) is 17.2 Å². The maximum atomic E-state index is 12.3. The number of ether oxygens (including phenoxy) is 1. The third kappa shape index (κ3) is 2.67. The second kappa shape index (κ2) is 6.40. The number of carbonyl (C=O) groups excluding carboxylic acids is 1. The third-order valence-corrected chi connectivity index (χ3v) is 6.40. The van der Waals surface area contributed by atoms with Gasteiger partial charge in [-0.05, 0) is 55.4 Å².